The molecular weight excluding hydrogens is 208 g/mol. The molecule has 0 heterocycles. The molecule has 0 atom stereocenters. The summed E-state index contributed by atoms with van der Waals surface area (Å²) in [6.45, 7) is 5.04. The number of benzene rings is 1. The summed E-state index contributed by atoms with van der Waals surface area (Å²) in [7, 11) is 0. The van der Waals surface area contributed by atoms with Gasteiger partial charge in [0.1, 0.15) is 5.75 Å². The van der Waals surface area contributed by atoms with Gasteiger partial charge in [0.2, 0.25) is 0 Å². The van der Waals surface area contributed by atoms with Crippen molar-refractivity contribution >= 4 is 0 Å². The van der Waals surface area contributed by atoms with Crippen LogP contribution < -0.4 is 4.74 Å². The molecule has 0 unspecified atom stereocenters. The summed E-state index contributed by atoms with van der Waals surface area (Å²) in [5.74, 6) is 1.01. The van der Waals surface area contributed by atoms with Gasteiger partial charge in [-0.15, -0.1) is 0 Å². The van der Waals surface area contributed by atoms with Crippen molar-refractivity contribution in [3.8, 4) is 5.75 Å². The summed E-state index contributed by atoms with van der Waals surface area (Å²) in [4.78, 5) is 0. The number of hydrogen-bond acceptors (Lipinski definition) is 1. The second-order valence-electron chi connectivity index (χ2n) is 4.60. The molecule has 0 spiro atoms. The van der Waals surface area contributed by atoms with Crippen LogP contribution in [0.1, 0.15) is 57.9 Å². The van der Waals surface area contributed by atoms with Crippen LogP contribution in [0, 0.1) is 0 Å². The lowest BCUT2D eigenvalue weighted by atomic mass is 10.0. The zero-order chi connectivity index (χ0) is 12.3. The third kappa shape index (κ3) is 6.35. The molecule has 1 heteroatoms. The Kier molecular flexibility index (Phi) is 7.53. The van der Waals surface area contributed by atoms with Crippen LogP contribution in [0.4, 0.5) is 0 Å². The highest BCUT2D eigenvalue weighted by molar-refractivity contribution is 5.28. The number of aryl methyl sites for hydroxylation is 1. The summed E-state index contributed by atoms with van der Waals surface area (Å²) in [5.41, 5.74) is 1.41. The summed E-state index contributed by atoms with van der Waals surface area (Å²) in [6, 6.07) is 8.51. The van der Waals surface area contributed by atoms with Crippen LogP contribution in [0.15, 0.2) is 24.3 Å². The molecule has 96 valence electrons. The van der Waals surface area contributed by atoms with Gasteiger partial charge in [-0.1, -0.05) is 51.2 Å². The Morgan fingerprint density at radius 2 is 1.71 bits per heavy atom. The molecule has 0 saturated carbocycles. The molecule has 1 nitrogen and oxygen atoms in total. The molecule has 0 aliphatic rings. The number of rotatable bonds is 9. The molecule has 0 aliphatic carbocycles. The van der Waals surface area contributed by atoms with Crippen LogP contribution in [-0.2, 0) is 6.42 Å². The van der Waals surface area contributed by atoms with Gasteiger partial charge in [-0.3, -0.25) is 0 Å². The normalized spacial score (nSPS) is 10.5. The fraction of sp³-hybridized carbons (Fsp3) is 0.625. The maximum Gasteiger partial charge on any atom is 0.119 e. The number of unbranched alkanes of at least 4 members (excludes halogenated alkanes) is 5. The Bertz CT molecular complexity index is 293. The van der Waals surface area contributed by atoms with E-state index >= 15 is 0 Å². The smallest absolute Gasteiger partial charge is 0.119 e. The molecule has 1 aromatic rings. The second-order valence-corrected chi connectivity index (χ2v) is 4.60. The van der Waals surface area contributed by atoms with Crippen molar-refractivity contribution in [3.05, 3.63) is 29.8 Å². The fourth-order valence-electron chi connectivity index (χ4n) is 2.07. The minimum Gasteiger partial charge on any atom is -0.494 e. The number of hydrogen-bond donors (Lipinski definition) is 0. The van der Waals surface area contributed by atoms with E-state index in [1.807, 2.05) is 13.0 Å². The van der Waals surface area contributed by atoms with Crippen LogP contribution >= 0.6 is 0 Å². The lowest BCUT2D eigenvalue weighted by Gasteiger charge is -2.06. The van der Waals surface area contributed by atoms with Gasteiger partial charge < -0.3 is 4.74 Å². The molecular formula is C16H26O. The Balaban J connectivity index is 2.19. The zero-order valence-electron chi connectivity index (χ0n) is 11.4. The van der Waals surface area contributed by atoms with Crippen molar-refractivity contribution in [2.45, 2.75) is 58.8 Å². The average molecular weight is 234 g/mol. The van der Waals surface area contributed by atoms with Crippen molar-refractivity contribution in [3.63, 3.8) is 0 Å². The largest absolute Gasteiger partial charge is 0.494 e. The van der Waals surface area contributed by atoms with Gasteiger partial charge in [-0.2, -0.15) is 0 Å². The maximum atomic E-state index is 5.51. The van der Waals surface area contributed by atoms with Crippen molar-refractivity contribution in [2.24, 2.45) is 0 Å². The lowest BCUT2D eigenvalue weighted by Crippen LogP contribution is -1.93. The standard InChI is InChI=1S/C16H26O/c1-3-5-6-7-8-9-11-15-12-10-13-16(14-15)17-4-2/h10,12-14H,3-9,11H2,1-2H3. The predicted molar refractivity (Wildman–Crippen MR) is 74.7 cm³/mol. The van der Waals surface area contributed by atoms with Crippen LogP contribution in [0.25, 0.3) is 0 Å². The van der Waals surface area contributed by atoms with Crippen LogP contribution in [0.3, 0.4) is 0 Å². The van der Waals surface area contributed by atoms with Crippen molar-refractivity contribution in [2.75, 3.05) is 6.61 Å². The van der Waals surface area contributed by atoms with Crippen LogP contribution in [0.2, 0.25) is 0 Å². The summed E-state index contributed by atoms with van der Waals surface area (Å²) >= 11 is 0. The lowest BCUT2D eigenvalue weighted by molar-refractivity contribution is 0.340. The fourth-order valence-corrected chi connectivity index (χ4v) is 2.07. The van der Waals surface area contributed by atoms with Gasteiger partial charge in [0.05, 0.1) is 6.61 Å². The van der Waals surface area contributed by atoms with Gasteiger partial charge in [0.25, 0.3) is 0 Å². The molecule has 0 amide bonds. The summed E-state index contributed by atoms with van der Waals surface area (Å²) < 4.78 is 5.51. The highest BCUT2D eigenvalue weighted by atomic mass is 16.5. The van der Waals surface area contributed by atoms with Crippen LogP contribution in [-0.4, -0.2) is 6.61 Å². The predicted octanol–water partition coefficient (Wildman–Crippen LogP) is 4.99. The first kappa shape index (κ1) is 14.1. The molecule has 17 heavy (non-hydrogen) atoms. The summed E-state index contributed by atoms with van der Waals surface area (Å²) in [5, 5.41) is 0. The van der Waals surface area contributed by atoms with E-state index in [4.69, 9.17) is 4.74 Å². The third-order valence-electron chi connectivity index (χ3n) is 3.03. The first-order valence-electron chi connectivity index (χ1n) is 7.08. The molecule has 1 aromatic carbocycles. The Labute approximate surface area is 106 Å². The van der Waals surface area contributed by atoms with Crippen molar-refractivity contribution in [1.29, 1.82) is 0 Å². The minimum absolute atomic E-state index is 0.750. The Morgan fingerprint density at radius 1 is 0.941 bits per heavy atom. The highest BCUT2D eigenvalue weighted by Gasteiger charge is 1.97. The first-order chi connectivity index (χ1) is 8.36. The Hall–Kier alpha value is -0.980. The Morgan fingerprint density at radius 3 is 2.47 bits per heavy atom. The van der Waals surface area contributed by atoms with Gasteiger partial charge >= 0.3 is 0 Å². The second kappa shape index (κ2) is 9.09. The van der Waals surface area contributed by atoms with Gasteiger partial charge in [-0.05, 0) is 37.5 Å². The van der Waals surface area contributed by atoms with Crippen molar-refractivity contribution < 1.29 is 4.74 Å². The van der Waals surface area contributed by atoms with Gasteiger partial charge in [-0.25, -0.2) is 0 Å². The zero-order valence-corrected chi connectivity index (χ0v) is 11.4. The summed E-state index contributed by atoms with van der Waals surface area (Å²) in [6.07, 6.45) is 9.36. The molecule has 0 fully saturated rings. The van der Waals surface area contributed by atoms with E-state index in [0.29, 0.717) is 0 Å². The maximum absolute atomic E-state index is 5.51. The minimum atomic E-state index is 0.750. The number of ether oxygens (including phenoxy) is 1. The molecule has 1 rings (SSSR count). The van der Waals surface area contributed by atoms with Gasteiger partial charge in [0.15, 0.2) is 0 Å². The van der Waals surface area contributed by atoms with Gasteiger partial charge in [0, 0.05) is 0 Å². The molecule has 0 radical (unpaired) electrons. The molecule has 0 bridgehead atoms. The van der Waals surface area contributed by atoms with E-state index in [0.717, 1.165) is 12.4 Å². The van der Waals surface area contributed by atoms with E-state index in [9.17, 15) is 0 Å². The molecule has 0 aromatic heterocycles. The third-order valence-corrected chi connectivity index (χ3v) is 3.03. The first-order valence-corrected chi connectivity index (χ1v) is 7.08. The van der Waals surface area contributed by atoms with Crippen molar-refractivity contribution in [1.82, 2.24) is 0 Å². The molecule has 0 aliphatic heterocycles. The van der Waals surface area contributed by atoms with Crippen LogP contribution in [0.5, 0.6) is 5.75 Å². The highest BCUT2D eigenvalue weighted by Crippen LogP contribution is 2.16. The van der Waals surface area contributed by atoms with E-state index in [1.165, 1.54) is 50.5 Å². The van der Waals surface area contributed by atoms with E-state index < -0.39 is 0 Å². The SMILES string of the molecule is CCCCCCCCc1cccc(OCC)c1. The topological polar surface area (TPSA) is 9.23 Å². The average Bonchev–Trinajstić information content (AvgIpc) is 2.35. The van der Waals surface area contributed by atoms with E-state index in [-0.39, 0.29) is 0 Å². The van der Waals surface area contributed by atoms with E-state index in [1.54, 1.807) is 0 Å². The van der Waals surface area contributed by atoms with E-state index in [2.05, 4.69) is 25.1 Å². The molecule has 0 saturated heterocycles. The molecule has 0 N–H and O–H groups in total. The monoisotopic (exact) mass is 234 g/mol. The quantitative estimate of drug-likeness (QED) is 0.547.